The number of nitrogens with zero attached hydrogens (tertiary/aromatic N) is 3. The molecule has 0 radical (unpaired) electrons. The van der Waals surface area contributed by atoms with Gasteiger partial charge in [0.1, 0.15) is 0 Å². The number of para-hydroxylation sites is 2. The van der Waals surface area contributed by atoms with E-state index in [1.54, 1.807) is 11.8 Å². The van der Waals surface area contributed by atoms with Crippen molar-refractivity contribution in [1.29, 1.82) is 0 Å². The molecule has 1 saturated heterocycles. The standard InChI is InChI=1S/C22H27N3OS/c1-23(16-17-24-13-6-7-14-24)22(26)12-15-25-18-8-2-4-10-20(18)27-21-11-5-3-9-19(21)25/h2-5,8-11H,6-7,12-17H2,1H3. The summed E-state index contributed by atoms with van der Waals surface area (Å²) in [5, 5.41) is 0. The lowest BCUT2D eigenvalue weighted by Gasteiger charge is -2.33. The smallest absolute Gasteiger partial charge is 0.224 e. The number of likely N-dealkylation sites (tertiary alicyclic amines) is 1. The molecule has 0 aromatic heterocycles. The van der Waals surface area contributed by atoms with Crippen LogP contribution in [-0.2, 0) is 4.79 Å². The number of hydrogen-bond donors (Lipinski definition) is 0. The molecule has 4 rings (SSSR count). The number of likely N-dealkylation sites (N-methyl/N-ethyl adjacent to an activating group) is 1. The highest BCUT2D eigenvalue weighted by atomic mass is 32.2. The summed E-state index contributed by atoms with van der Waals surface area (Å²) in [7, 11) is 1.94. The van der Waals surface area contributed by atoms with Crippen molar-refractivity contribution in [1.82, 2.24) is 9.80 Å². The average Bonchev–Trinajstić information content (AvgIpc) is 3.22. The van der Waals surface area contributed by atoms with Crippen molar-refractivity contribution < 1.29 is 4.79 Å². The van der Waals surface area contributed by atoms with Crippen LogP contribution in [0.5, 0.6) is 0 Å². The first-order chi connectivity index (χ1) is 13.2. The number of amides is 1. The van der Waals surface area contributed by atoms with Gasteiger partial charge in [-0.15, -0.1) is 0 Å². The highest BCUT2D eigenvalue weighted by Crippen LogP contribution is 2.47. The number of hydrogen-bond acceptors (Lipinski definition) is 4. The van der Waals surface area contributed by atoms with Crippen LogP contribution in [0.3, 0.4) is 0 Å². The van der Waals surface area contributed by atoms with E-state index in [1.807, 2.05) is 11.9 Å². The Hall–Kier alpha value is -1.98. The van der Waals surface area contributed by atoms with E-state index in [9.17, 15) is 4.79 Å². The van der Waals surface area contributed by atoms with Gasteiger partial charge in [0.05, 0.1) is 11.4 Å². The second kappa shape index (κ2) is 8.36. The summed E-state index contributed by atoms with van der Waals surface area (Å²) in [6.07, 6.45) is 3.12. The second-order valence-corrected chi connectivity index (χ2v) is 8.39. The molecule has 1 amide bonds. The third-order valence-corrected chi connectivity index (χ3v) is 6.59. The van der Waals surface area contributed by atoms with Gasteiger partial charge in [0.25, 0.3) is 0 Å². The number of carbonyl (C=O) groups excluding carboxylic acids is 1. The van der Waals surface area contributed by atoms with Crippen LogP contribution in [0, 0.1) is 0 Å². The van der Waals surface area contributed by atoms with Gasteiger partial charge in [-0.05, 0) is 50.2 Å². The van der Waals surface area contributed by atoms with E-state index in [0.29, 0.717) is 13.0 Å². The Morgan fingerprint density at radius 2 is 1.56 bits per heavy atom. The van der Waals surface area contributed by atoms with Crippen molar-refractivity contribution in [3.8, 4) is 0 Å². The molecule has 0 saturated carbocycles. The van der Waals surface area contributed by atoms with Crippen molar-refractivity contribution in [3.63, 3.8) is 0 Å². The highest BCUT2D eigenvalue weighted by Gasteiger charge is 2.23. The van der Waals surface area contributed by atoms with Gasteiger partial charge in [-0.3, -0.25) is 4.79 Å². The molecule has 142 valence electrons. The summed E-state index contributed by atoms with van der Waals surface area (Å²) in [5.74, 6) is 0.224. The fourth-order valence-corrected chi connectivity index (χ4v) is 4.94. The number of benzene rings is 2. The van der Waals surface area contributed by atoms with Gasteiger partial charge < -0.3 is 14.7 Å². The minimum Gasteiger partial charge on any atom is -0.344 e. The van der Waals surface area contributed by atoms with E-state index < -0.39 is 0 Å². The first-order valence-electron chi connectivity index (χ1n) is 9.82. The van der Waals surface area contributed by atoms with Crippen LogP contribution in [0.2, 0.25) is 0 Å². The van der Waals surface area contributed by atoms with Gasteiger partial charge >= 0.3 is 0 Å². The Morgan fingerprint density at radius 3 is 2.19 bits per heavy atom. The van der Waals surface area contributed by atoms with Crippen LogP contribution in [0.25, 0.3) is 0 Å². The van der Waals surface area contributed by atoms with Crippen molar-refractivity contribution in [3.05, 3.63) is 48.5 Å². The second-order valence-electron chi connectivity index (χ2n) is 7.30. The van der Waals surface area contributed by atoms with Crippen molar-refractivity contribution in [2.24, 2.45) is 0 Å². The average molecular weight is 382 g/mol. The molecular formula is C22H27N3OS. The molecule has 0 atom stereocenters. The van der Waals surface area contributed by atoms with Crippen molar-refractivity contribution >= 4 is 29.0 Å². The zero-order chi connectivity index (χ0) is 18.6. The highest BCUT2D eigenvalue weighted by molar-refractivity contribution is 7.99. The number of carbonyl (C=O) groups is 1. The van der Waals surface area contributed by atoms with E-state index in [4.69, 9.17) is 0 Å². The van der Waals surface area contributed by atoms with Crippen LogP contribution in [0.4, 0.5) is 11.4 Å². The fourth-order valence-electron chi connectivity index (χ4n) is 3.84. The molecule has 0 aliphatic carbocycles. The Bertz CT molecular complexity index is 758. The first kappa shape index (κ1) is 18.4. The summed E-state index contributed by atoms with van der Waals surface area (Å²) in [6, 6.07) is 16.9. The molecule has 2 aliphatic heterocycles. The Morgan fingerprint density at radius 1 is 0.963 bits per heavy atom. The maximum absolute atomic E-state index is 12.7. The zero-order valence-electron chi connectivity index (χ0n) is 15.9. The van der Waals surface area contributed by atoms with E-state index >= 15 is 0 Å². The first-order valence-corrected chi connectivity index (χ1v) is 10.6. The zero-order valence-corrected chi connectivity index (χ0v) is 16.8. The minimum atomic E-state index is 0.224. The fraction of sp³-hybridized carbons (Fsp3) is 0.409. The lowest BCUT2D eigenvalue weighted by atomic mass is 10.2. The summed E-state index contributed by atoms with van der Waals surface area (Å²) in [6.45, 7) is 4.89. The normalized spacial score (nSPS) is 16.1. The molecule has 5 heteroatoms. The SMILES string of the molecule is CN(CCN1CCCC1)C(=O)CCN1c2ccccc2Sc2ccccc21. The van der Waals surface area contributed by atoms with Crippen molar-refractivity contribution in [2.75, 3.05) is 44.7 Å². The molecule has 0 unspecified atom stereocenters. The minimum absolute atomic E-state index is 0.224. The van der Waals surface area contributed by atoms with E-state index in [0.717, 1.165) is 13.1 Å². The van der Waals surface area contributed by atoms with Gasteiger partial charge in [-0.1, -0.05) is 36.0 Å². The van der Waals surface area contributed by atoms with Crippen LogP contribution in [0.15, 0.2) is 58.3 Å². The van der Waals surface area contributed by atoms with Crippen LogP contribution in [0.1, 0.15) is 19.3 Å². The van der Waals surface area contributed by atoms with Gasteiger partial charge in [0.15, 0.2) is 0 Å². The van der Waals surface area contributed by atoms with Gasteiger partial charge in [-0.2, -0.15) is 0 Å². The molecule has 2 aliphatic rings. The van der Waals surface area contributed by atoms with E-state index in [1.165, 1.54) is 47.1 Å². The molecular weight excluding hydrogens is 354 g/mol. The summed E-state index contributed by atoms with van der Waals surface area (Å²) >= 11 is 1.81. The maximum atomic E-state index is 12.7. The lowest BCUT2D eigenvalue weighted by Crippen LogP contribution is -2.36. The molecule has 0 bridgehead atoms. The quantitative estimate of drug-likeness (QED) is 0.748. The summed E-state index contributed by atoms with van der Waals surface area (Å²) in [5.41, 5.74) is 2.41. The molecule has 2 heterocycles. The van der Waals surface area contributed by atoms with E-state index in [2.05, 4.69) is 58.3 Å². The lowest BCUT2D eigenvalue weighted by molar-refractivity contribution is -0.129. The summed E-state index contributed by atoms with van der Waals surface area (Å²) < 4.78 is 0. The van der Waals surface area contributed by atoms with E-state index in [-0.39, 0.29) is 5.91 Å². The van der Waals surface area contributed by atoms with Gasteiger partial charge in [-0.25, -0.2) is 0 Å². The Balaban J connectivity index is 1.41. The Kier molecular flexibility index (Phi) is 5.69. The molecule has 1 fully saturated rings. The van der Waals surface area contributed by atoms with Crippen molar-refractivity contribution in [2.45, 2.75) is 29.1 Å². The molecule has 4 nitrogen and oxygen atoms in total. The van der Waals surface area contributed by atoms with Gasteiger partial charge in [0.2, 0.25) is 5.91 Å². The number of fused-ring (bicyclic) bond motifs is 2. The number of rotatable bonds is 6. The molecule has 2 aromatic rings. The monoisotopic (exact) mass is 381 g/mol. The maximum Gasteiger partial charge on any atom is 0.224 e. The van der Waals surface area contributed by atoms with Crippen LogP contribution >= 0.6 is 11.8 Å². The van der Waals surface area contributed by atoms with Crippen LogP contribution in [-0.4, -0.2) is 55.5 Å². The molecule has 27 heavy (non-hydrogen) atoms. The third-order valence-electron chi connectivity index (χ3n) is 5.46. The Labute approximate surface area is 166 Å². The third kappa shape index (κ3) is 4.14. The number of anilines is 2. The van der Waals surface area contributed by atoms with Gasteiger partial charge in [0, 0.05) is 42.9 Å². The summed E-state index contributed by atoms with van der Waals surface area (Å²) in [4.78, 5) is 21.9. The largest absolute Gasteiger partial charge is 0.344 e. The topological polar surface area (TPSA) is 26.8 Å². The molecule has 0 N–H and O–H groups in total. The molecule has 0 spiro atoms. The predicted molar refractivity (Wildman–Crippen MR) is 112 cm³/mol. The molecule has 2 aromatic carbocycles. The van der Waals surface area contributed by atoms with Crippen LogP contribution < -0.4 is 4.90 Å². The predicted octanol–water partition coefficient (Wildman–Crippen LogP) is 4.23.